The third kappa shape index (κ3) is 2.85. The van der Waals surface area contributed by atoms with Crippen LogP contribution in [0.3, 0.4) is 0 Å². The Morgan fingerprint density at radius 3 is 2.70 bits per heavy atom. The first-order valence-electron chi connectivity index (χ1n) is 6.53. The van der Waals surface area contributed by atoms with Gasteiger partial charge in [0.1, 0.15) is 5.82 Å². The molecule has 3 rings (SSSR count). The van der Waals surface area contributed by atoms with Crippen LogP contribution in [0.15, 0.2) is 21.5 Å². The van der Waals surface area contributed by atoms with Crippen LogP contribution in [0, 0.1) is 6.92 Å². The van der Waals surface area contributed by atoms with Gasteiger partial charge in [-0.1, -0.05) is 5.16 Å². The topological polar surface area (TPSA) is 91.2 Å². The lowest BCUT2D eigenvalue weighted by molar-refractivity contribution is 0.239. The SMILES string of the molecule is Cc1nc(CN2CCN(c3ccc(=O)[nH]n3)CC2)no1. The predicted molar refractivity (Wildman–Crippen MR) is 71.4 cm³/mol. The highest BCUT2D eigenvalue weighted by molar-refractivity contribution is 5.36. The molecular weight excluding hydrogens is 260 g/mol. The van der Waals surface area contributed by atoms with E-state index in [1.165, 1.54) is 6.07 Å². The van der Waals surface area contributed by atoms with Gasteiger partial charge in [-0.05, 0) is 6.07 Å². The number of aromatic nitrogens is 4. The number of anilines is 1. The van der Waals surface area contributed by atoms with Gasteiger partial charge in [-0.25, -0.2) is 5.10 Å². The Labute approximate surface area is 115 Å². The van der Waals surface area contributed by atoms with Gasteiger partial charge in [0.2, 0.25) is 5.89 Å². The van der Waals surface area contributed by atoms with Gasteiger partial charge < -0.3 is 9.42 Å². The molecule has 0 aromatic carbocycles. The second-order valence-corrected chi connectivity index (χ2v) is 4.77. The predicted octanol–water partition coefficient (Wildman–Crippen LogP) is -0.216. The first-order chi connectivity index (χ1) is 9.70. The summed E-state index contributed by atoms with van der Waals surface area (Å²) in [5, 5.41) is 10.4. The minimum absolute atomic E-state index is 0.181. The average Bonchev–Trinajstić information content (AvgIpc) is 2.86. The molecule has 0 radical (unpaired) electrons. The summed E-state index contributed by atoms with van der Waals surface area (Å²) in [6, 6.07) is 3.24. The van der Waals surface area contributed by atoms with Gasteiger partial charge >= 0.3 is 0 Å². The van der Waals surface area contributed by atoms with Crippen molar-refractivity contribution in [2.45, 2.75) is 13.5 Å². The lowest BCUT2D eigenvalue weighted by Gasteiger charge is -2.34. The van der Waals surface area contributed by atoms with Crippen LogP contribution in [0.2, 0.25) is 0 Å². The van der Waals surface area contributed by atoms with E-state index in [9.17, 15) is 4.79 Å². The molecule has 1 N–H and O–H groups in total. The van der Waals surface area contributed by atoms with Crippen molar-refractivity contribution in [1.82, 2.24) is 25.2 Å². The van der Waals surface area contributed by atoms with Crippen molar-refractivity contribution in [3.8, 4) is 0 Å². The van der Waals surface area contributed by atoms with Crippen LogP contribution in [0.25, 0.3) is 0 Å². The van der Waals surface area contributed by atoms with Crippen LogP contribution in [0.5, 0.6) is 0 Å². The van der Waals surface area contributed by atoms with Crippen LogP contribution in [-0.2, 0) is 6.54 Å². The second-order valence-electron chi connectivity index (χ2n) is 4.77. The van der Waals surface area contributed by atoms with E-state index in [4.69, 9.17) is 4.52 Å². The van der Waals surface area contributed by atoms with Crippen LogP contribution < -0.4 is 10.5 Å². The zero-order valence-corrected chi connectivity index (χ0v) is 11.2. The maximum atomic E-state index is 11.0. The first kappa shape index (κ1) is 12.8. The van der Waals surface area contributed by atoms with E-state index in [1.54, 1.807) is 13.0 Å². The van der Waals surface area contributed by atoms with Gasteiger partial charge in [0.25, 0.3) is 5.56 Å². The van der Waals surface area contributed by atoms with Gasteiger partial charge in [-0.15, -0.1) is 0 Å². The van der Waals surface area contributed by atoms with E-state index < -0.39 is 0 Å². The summed E-state index contributed by atoms with van der Waals surface area (Å²) < 4.78 is 4.97. The molecule has 1 saturated heterocycles. The van der Waals surface area contributed by atoms with Gasteiger partial charge in [-0.3, -0.25) is 9.69 Å². The zero-order chi connectivity index (χ0) is 13.9. The number of hydrogen-bond acceptors (Lipinski definition) is 7. The molecule has 20 heavy (non-hydrogen) atoms. The first-order valence-corrected chi connectivity index (χ1v) is 6.53. The molecule has 8 heteroatoms. The Bertz CT molecular complexity index is 608. The summed E-state index contributed by atoms with van der Waals surface area (Å²) in [6.07, 6.45) is 0. The largest absolute Gasteiger partial charge is 0.353 e. The van der Waals surface area contributed by atoms with E-state index >= 15 is 0 Å². The lowest BCUT2D eigenvalue weighted by Crippen LogP contribution is -2.46. The summed E-state index contributed by atoms with van der Waals surface area (Å²) in [6.45, 7) is 6.00. The fraction of sp³-hybridized carbons (Fsp3) is 0.500. The zero-order valence-electron chi connectivity index (χ0n) is 11.2. The van der Waals surface area contributed by atoms with Gasteiger partial charge in [0, 0.05) is 39.2 Å². The fourth-order valence-electron chi connectivity index (χ4n) is 2.25. The van der Waals surface area contributed by atoms with E-state index in [-0.39, 0.29) is 5.56 Å². The Hall–Kier alpha value is -2.22. The number of H-pyrrole nitrogens is 1. The molecule has 0 aliphatic carbocycles. The van der Waals surface area contributed by atoms with E-state index in [0.717, 1.165) is 37.8 Å². The molecule has 3 heterocycles. The number of nitrogens with one attached hydrogen (secondary N) is 1. The Morgan fingerprint density at radius 2 is 2.10 bits per heavy atom. The average molecular weight is 276 g/mol. The number of piperazine rings is 1. The number of nitrogens with zero attached hydrogens (tertiary/aromatic N) is 5. The quantitative estimate of drug-likeness (QED) is 0.828. The molecule has 8 nitrogen and oxygen atoms in total. The molecule has 1 aliphatic heterocycles. The Kier molecular flexibility index (Phi) is 3.46. The van der Waals surface area contributed by atoms with Crippen molar-refractivity contribution in [3.63, 3.8) is 0 Å². The summed E-state index contributed by atoms with van der Waals surface area (Å²) in [5.41, 5.74) is -0.181. The molecule has 0 amide bonds. The molecule has 0 saturated carbocycles. The molecule has 0 unspecified atom stereocenters. The summed E-state index contributed by atoms with van der Waals surface area (Å²) in [4.78, 5) is 19.6. The second kappa shape index (κ2) is 5.41. The number of hydrogen-bond donors (Lipinski definition) is 1. The van der Waals surface area contributed by atoms with Crippen molar-refractivity contribution < 1.29 is 4.52 Å². The third-order valence-electron chi connectivity index (χ3n) is 3.30. The van der Waals surface area contributed by atoms with Gasteiger partial charge in [0.15, 0.2) is 5.82 Å². The van der Waals surface area contributed by atoms with Crippen molar-refractivity contribution in [2.24, 2.45) is 0 Å². The maximum Gasteiger partial charge on any atom is 0.264 e. The maximum absolute atomic E-state index is 11.0. The minimum Gasteiger partial charge on any atom is -0.353 e. The van der Waals surface area contributed by atoms with Crippen LogP contribution >= 0.6 is 0 Å². The van der Waals surface area contributed by atoms with Crippen molar-refractivity contribution in [3.05, 3.63) is 34.2 Å². The summed E-state index contributed by atoms with van der Waals surface area (Å²) >= 11 is 0. The summed E-state index contributed by atoms with van der Waals surface area (Å²) in [7, 11) is 0. The van der Waals surface area contributed by atoms with Crippen LogP contribution in [-0.4, -0.2) is 51.4 Å². The molecule has 0 atom stereocenters. The highest BCUT2D eigenvalue weighted by Gasteiger charge is 2.19. The van der Waals surface area contributed by atoms with Crippen molar-refractivity contribution in [2.75, 3.05) is 31.1 Å². The number of aryl methyl sites for hydroxylation is 1. The molecule has 2 aromatic heterocycles. The lowest BCUT2D eigenvalue weighted by atomic mass is 10.3. The highest BCUT2D eigenvalue weighted by atomic mass is 16.5. The van der Waals surface area contributed by atoms with Crippen LogP contribution in [0.4, 0.5) is 5.82 Å². The molecule has 106 valence electrons. The molecular formula is C12H16N6O2. The Morgan fingerprint density at radius 1 is 1.30 bits per heavy atom. The third-order valence-corrected chi connectivity index (χ3v) is 3.30. The Balaban J connectivity index is 1.56. The highest BCUT2D eigenvalue weighted by Crippen LogP contribution is 2.12. The van der Waals surface area contributed by atoms with Gasteiger partial charge in [0.05, 0.1) is 6.54 Å². The van der Waals surface area contributed by atoms with Crippen molar-refractivity contribution >= 4 is 5.82 Å². The molecule has 2 aromatic rings. The molecule has 0 bridgehead atoms. The standard InChI is InChI=1S/C12H16N6O2/c1-9-13-10(16-20-9)8-17-4-6-18(7-5-17)11-2-3-12(19)15-14-11/h2-3H,4-8H2,1H3,(H,15,19). The summed E-state index contributed by atoms with van der Waals surface area (Å²) in [5.74, 6) is 2.12. The smallest absolute Gasteiger partial charge is 0.264 e. The van der Waals surface area contributed by atoms with E-state index in [2.05, 4.69) is 30.1 Å². The van der Waals surface area contributed by atoms with Crippen LogP contribution in [0.1, 0.15) is 11.7 Å². The molecule has 1 fully saturated rings. The monoisotopic (exact) mass is 276 g/mol. The number of rotatable bonds is 3. The minimum atomic E-state index is -0.181. The fourth-order valence-corrected chi connectivity index (χ4v) is 2.25. The van der Waals surface area contributed by atoms with E-state index in [1.807, 2.05) is 0 Å². The molecule has 1 aliphatic rings. The normalized spacial score (nSPS) is 16.6. The van der Waals surface area contributed by atoms with E-state index in [0.29, 0.717) is 12.4 Å². The number of aromatic amines is 1. The van der Waals surface area contributed by atoms with Gasteiger partial charge in [-0.2, -0.15) is 10.1 Å². The van der Waals surface area contributed by atoms with Crippen molar-refractivity contribution in [1.29, 1.82) is 0 Å². The molecule has 0 spiro atoms.